The first-order valence-corrected chi connectivity index (χ1v) is 5.15. The van der Waals surface area contributed by atoms with Gasteiger partial charge in [-0.25, -0.2) is 0 Å². The highest BCUT2D eigenvalue weighted by atomic mass is 14.8. The number of benzene rings is 1. The molecule has 1 nitrogen and oxygen atoms in total. The van der Waals surface area contributed by atoms with E-state index in [1.54, 1.807) is 0 Å². The van der Waals surface area contributed by atoms with Crippen LogP contribution in [-0.2, 0) is 0 Å². The van der Waals surface area contributed by atoms with Crippen molar-refractivity contribution in [3.05, 3.63) is 41.5 Å². The van der Waals surface area contributed by atoms with E-state index in [-0.39, 0.29) is 0 Å². The zero-order valence-electron chi connectivity index (χ0n) is 9.30. The molecule has 1 N–H and O–H groups in total. The molecule has 1 aromatic carbocycles. The Morgan fingerprint density at radius 1 is 1.36 bits per heavy atom. The van der Waals surface area contributed by atoms with E-state index in [1.165, 1.54) is 16.7 Å². The molecule has 0 aromatic heterocycles. The van der Waals surface area contributed by atoms with Gasteiger partial charge in [-0.15, -0.1) is 0 Å². The van der Waals surface area contributed by atoms with Gasteiger partial charge in [0.25, 0.3) is 0 Å². The van der Waals surface area contributed by atoms with Crippen LogP contribution in [0.15, 0.2) is 30.3 Å². The molecule has 1 rings (SSSR count). The molecule has 1 heteroatoms. The van der Waals surface area contributed by atoms with Gasteiger partial charge in [-0.05, 0) is 50.6 Å². The summed E-state index contributed by atoms with van der Waals surface area (Å²) < 4.78 is 0. The minimum atomic E-state index is 1.04. The Balaban J connectivity index is 2.85. The van der Waals surface area contributed by atoms with Crippen LogP contribution < -0.4 is 5.32 Å². The van der Waals surface area contributed by atoms with E-state index in [0.717, 1.165) is 13.0 Å². The molecule has 0 radical (unpaired) electrons. The van der Waals surface area contributed by atoms with E-state index in [9.17, 15) is 0 Å². The summed E-state index contributed by atoms with van der Waals surface area (Å²) in [5.41, 5.74) is 4.17. The predicted molar refractivity (Wildman–Crippen MR) is 63.4 cm³/mol. The molecule has 1 aromatic rings. The molecule has 0 atom stereocenters. The summed E-state index contributed by atoms with van der Waals surface area (Å²) >= 11 is 0. The molecule has 0 aliphatic carbocycles. The number of hydrogen-bond donors (Lipinski definition) is 1. The second-order valence-electron chi connectivity index (χ2n) is 3.48. The number of nitrogens with one attached hydrogen (secondary N) is 1. The maximum atomic E-state index is 3.18. The number of rotatable bonds is 4. The van der Waals surface area contributed by atoms with Crippen molar-refractivity contribution < 1.29 is 0 Å². The zero-order chi connectivity index (χ0) is 10.4. The molecule has 0 bridgehead atoms. The summed E-state index contributed by atoms with van der Waals surface area (Å²) in [4.78, 5) is 0. The summed E-state index contributed by atoms with van der Waals surface area (Å²) in [7, 11) is 1.99. The largest absolute Gasteiger partial charge is 0.319 e. The molecule has 0 heterocycles. The van der Waals surface area contributed by atoms with E-state index in [0.29, 0.717) is 0 Å². The molecule has 0 unspecified atom stereocenters. The lowest BCUT2D eigenvalue weighted by molar-refractivity contribution is 0.814. The van der Waals surface area contributed by atoms with Crippen molar-refractivity contribution in [3.8, 4) is 0 Å². The van der Waals surface area contributed by atoms with E-state index in [2.05, 4.69) is 49.5 Å². The fourth-order valence-electron chi connectivity index (χ4n) is 1.63. The quantitative estimate of drug-likeness (QED) is 0.767. The van der Waals surface area contributed by atoms with Gasteiger partial charge >= 0.3 is 0 Å². The Kier molecular flexibility index (Phi) is 4.41. The summed E-state index contributed by atoms with van der Waals surface area (Å²) in [5.74, 6) is 0. The number of allylic oxidation sites excluding steroid dienone is 1. The maximum Gasteiger partial charge on any atom is -0.00113 e. The van der Waals surface area contributed by atoms with Crippen LogP contribution in [0.1, 0.15) is 24.5 Å². The molecular weight excluding hydrogens is 170 g/mol. The first kappa shape index (κ1) is 11.0. The molecule has 76 valence electrons. The second-order valence-corrected chi connectivity index (χ2v) is 3.48. The third kappa shape index (κ3) is 2.71. The summed E-state index contributed by atoms with van der Waals surface area (Å²) in [5, 5.41) is 3.18. The van der Waals surface area contributed by atoms with Gasteiger partial charge in [-0.2, -0.15) is 0 Å². The van der Waals surface area contributed by atoms with Crippen LogP contribution in [0.2, 0.25) is 0 Å². The van der Waals surface area contributed by atoms with Gasteiger partial charge < -0.3 is 5.32 Å². The Morgan fingerprint density at radius 3 is 2.64 bits per heavy atom. The smallest absolute Gasteiger partial charge is 0.00113 e. The highest BCUT2D eigenvalue weighted by molar-refractivity contribution is 5.67. The van der Waals surface area contributed by atoms with Crippen LogP contribution >= 0.6 is 0 Å². The van der Waals surface area contributed by atoms with Gasteiger partial charge in [0.2, 0.25) is 0 Å². The molecule has 0 spiro atoms. The summed E-state index contributed by atoms with van der Waals surface area (Å²) in [6.45, 7) is 5.31. The zero-order valence-corrected chi connectivity index (χ0v) is 9.30. The first-order chi connectivity index (χ1) is 6.79. The average molecular weight is 189 g/mol. The highest BCUT2D eigenvalue weighted by Crippen LogP contribution is 2.20. The lowest BCUT2D eigenvalue weighted by Gasteiger charge is -2.09. The van der Waals surface area contributed by atoms with E-state index < -0.39 is 0 Å². The normalized spacial score (nSPS) is 11.8. The van der Waals surface area contributed by atoms with Gasteiger partial charge in [0.15, 0.2) is 0 Å². The lowest BCUT2D eigenvalue weighted by atomic mass is 9.98. The van der Waals surface area contributed by atoms with Crippen molar-refractivity contribution in [1.82, 2.24) is 5.32 Å². The van der Waals surface area contributed by atoms with Crippen LogP contribution in [0, 0.1) is 6.92 Å². The number of hydrogen-bond acceptors (Lipinski definition) is 1. The predicted octanol–water partition coefficient (Wildman–Crippen LogP) is 3.01. The van der Waals surface area contributed by atoms with Crippen molar-refractivity contribution in [2.45, 2.75) is 20.3 Å². The lowest BCUT2D eigenvalue weighted by Crippen LogP contribution is -2.08. The number of aryl methyl sites for hydroxylation is 1. The molecule has 0 aliphatic rings. The average Bonchev–Trinajstić information content (AvgIpc) is 2.21. The van der Waals surface area contributed by atoms with Crippen LogP contribution in [0.3, 0.4) is 0 Å². The fourth-order valence-corrected chi connectivity index (χ4v) is 1.63. The van der Waals surface area contributed by atoms with Crippen LogP contribution in [-0.4, -0.2) is 13.6 Å². The van der Waals surface area contributed by atoms with E-state index in [4.69, 9.17) is 0 Å². The maximum absolute atomic E-state index is 3.18. The van der Waals surface area contributed by atoms with E-state index in [1.807, 2.05) is 7.05 Å². The molecule has 14 heavy (non-hydrogen) atoms. The van der Waals surface area contributed by atoms with E-state index >= 15 is 0 Å². The van der Waals surface area contributed by atoms with Crippen LogP contribution in [0.5, 0.6) is 0 Å². The topological polar surface area (TPSA) is 12.0 Å². The molecule has 0 fully saturated rings. The molecule has 0 aliphatic heterocycles. The van der Waals surface area contributed by atoms with Crippen molar-refractivity contribution in [2.24, 2.45) is 0 Å². The van der Waals surface area contributed by atoms with Crippen molar-refractivity contribution in [1.29, 1.82) is 0 Å². The fraction of sp³-hybridized carbons (Fsp3) is 0.385. The summed E-state index contributed by atoms with van der Waals surface area (Å²) in [6.07, 6.45) is 3.30. The van der Waals surface area contributed by atoms with Crippen molar-refractivity contribution in [2.75, 3.05) is 13.6 Å². The van der Waals surface area contributed by atoms with Crippen molar-refractivity contribution in [3.63, 3.8) is 0 Å². The van der Waals surface area contributed by atoms with Crippen LogP contribution in [0.25, 0.3) is 5.57 Å². The van der Waals surface area contributed by atoms with Gasteiger partial charge in [-0.1, -0.05) is 30.3 Å². The Bertz CT molecular complexity index is 313. The molecule has 0 amide bonds. The molecule has 0 saturated carbocycles. The Labute approximate surface area is 86.8 Å². The SMILES string of the molecule is C/C=C(/CCNC)c1ccccc1C. The second kappa shape index (κ2) is 5.61. The summed E-state index contributed by atoms with van der Waals surface area (Å²) in [6, 6.07) is 8.55. The monoisotopic (exact) mass is 189 g/mol. The first-order valence-electron chi connectivity index (χ1n) is 5.15. The van der Waals surface area contributed by atoms with Gasteiger partial charge in [-0.3, -0.25) is 0 Å². The minimum Gasteiger partial charge on any atom is -0.319 e. The standard InChI is InChI=1S/C13H19N/c1-4-12(9-10-14-3)13-8-6-5-7-11(13)2/h4-8,14H,9-10H2,1-3H3/b12-4-. The molecule has 0 saturated heterocycles. The minimum absolute atomic E-state index is 1.04. The van der Waals surface area contributed by atoms with Crippen molar-refractivity contribution >= 4 is 5.57 Å². The third-order valence-electron chi connectivity index (χ3n) is 2.48. The molecular formula is C13H19N. The highest BCUT2D eigenvalue weighted by Gasteiger charge is 2.02. The van der Waals surface area contributed by atoms with Crippen LogP contribution in [0.4, 0.5) is 0 Å². The van der Waals surface area contributed by atoms with Gasteiger partial charge in [0.1, 0.15) is 0 Å². The van der Waals surface area contributed by atoms with Gasteiger partial charge in [0.05, 0.1) is 0 Å². The third-order valence-corrected chi connectivity index (χ3v) is 2.48. The van der Waals surface area contributed by atoms with Gasteiger partial charge in [0, 0.05) is 0 Å². The Morgan fingerprint density at radius 2 is 2.07 bits per heavy atom. The Hall–Kier alpha value is -1.08.